The van der Waals surface area contributed by atoms with Gasteiger partial charge in [-0.15, -0.1) is 0 Å². The van der Waals surface area contributed by atoms with E-state index in [0.717, 1.165) is 55.0 Å². The molecule has 0 amide bonds. The van der Waals surface area contributed by atoms with Crippen molar-refractivity contribution in [3.63, 3.8) is 0 Å². The molecule has 1 aliphatic heterocycles. The molecule has 2 rings (SSSR count). The average molecular weight is 290 g/mol. The minimum Gasteiger partial charge on any atom is -0.493 e. The first kappa shape index (κ1) is 16.0. The fraction of sp³-hybridized carbons (Fsp3) is 0.588. The summed E-state index contributed by atoms with van der Waals surface area (Å²) in [5.41, 5.74) is 2.90. The van der Waals surface area contributed by atoms with E-state index in [1.807, 2.05) is 19.9 Å². The number of nitrogens with zero attached hydrogens (tertiary/aromatic N) is 1. The van der Waals surface area contributed by atoms with Crippen molar-refractivity contribution in [3.8, 4) is 5.75 Å². The number of nitrogens with one attached hydrogen (secondary N) is 1. The Morgan fingerprint density at radius 3 is 2.67 bits per heavy atom. The standard InChI is InChI=1S/C17H26N2O2/c1-4-9-21-17-14(3)10-13(2)11-15(17)16(20)12-19-7-5-18-6-8-19/h10-11,18H,4-9,12H2,1-3H3. The third kappa shape index (κ3) is 4.29. The topological polar surface area (TPSA) is 41.6 Å². The van der Waals surface area contributed by atoms with Crippen LogP contribution in [0.1, 0.15) is 34.8 Å². The summed E-state index contributed by atoms with van der Waals surface area (Å²) >= 11 is 0. The van der Waals surface area contributed by atoms with E-state index >= 15 is 0 Å². The lowest BCUT2D eigenvalue weighted by Crippen LogP contribution is -2.45. The molecule has 1 fully saturated rings. The number of carbonyl (C=O) groups is 1. The van der Waals surface area contributed by atoms with E-state index in [9.17, 15) is 4.79 Å². The SMILES string of the molecule is CCCOc1c(C)cc(C)cc1C(=O)CN1CCNCC1. The van der Waals surface area contributed by atoms with Gasteiger partial charge >= 0.3 is 0 Å². The second-order valence-electron chi connectivity index (χ2n) is 5.76. The zero-order chi connectivity index (χ0) is 15.2. The maximum Gasteiger partial charge on any atom is 0.180 e. The van der Waals surface area contributed by atoms with Gasteiger partial charge in [-0.05, 0) is 37.5 Å². The molecule has 0 bridgehead atoms. The highest BCUT2D eigenvalue weighted by Crippen LogP contribution is 2.26. The van der Waals surface area contributed by atoms with Crippen LogP contribution in [0.3, 0.4) is 0 Å². The van der Waals surface area contributed by atoms with E-state index in [1.165, 1.54) is 0 Å². The Balaban J connectivity index is 2.17. The van der Waals surface area contributed by atoms with Crippen LogP contribution in [-0.2, 0) is 0 Å². The molecule has 1 aromatic rings. The van der Waals surface area contributed by atoms with Crippen LogP contribution in [0.4, 0.5) is 0 Å². The van der Waals surface area contributed by atoms with E-state index in [4.69, 9.17) is 4.74 Å². The first-order valence-corrected chi connectivity index (χ1v) is 7.82. The van der Waals surface area contributed by atoms with Crippen LogP contribution in [0, 0.1) is 13.8 Å². The van der Waals surface area contributed by atoms with Gasteiger partial charge in [0.1, 0.15) is 5.75 Å². The number of carbonyl (C=O) groups excluding carboxylic acids is 1. The van der Waals surface area contributed by atoms with Crippen molar-refractivity contribution >= 4 is 5.78 Å². The van der Waals surface area contributed by atoms with Crippen LogP contribution in [0.5, 0.6) is 5.75 Å². The van der Waals surface area contributed by atoms with Gasteiger partial charge in [0, 0.05) is 26.2 Å². The molecular weight excluding hydrogens is 264 g/mol. The van der Waals surface area contributed by atoms with Crippen molar-refractivity contribution < 1.29 is 9.53 Å². The van der Waals surface area contributed by atoms with Crippen molar-refractivity contribution in [1.82, 2.24) is 10.2 Å². The van der Waals surface area contributed by atoms with Crippen molar-refractivity contribution in [1.29, 1.82) is 0 Å². The number of piperazine rings is 1. The Kier molecular flexibility index (Phi) is 5.76. The average Bonchev–Trinajstić information content (AvgIpc) is 2.46. The fourth-order valence-electron chi connectivity index (χ4n) is 2.71. The molecule has 1 aliphatic rings. The molecule has 4 nitrogen and oxygen atoms in total. The Labute approximate surface area is 127 Å². The summed E-state index contributed by atoms with van der Waals surface area (Å²) in [7, 11) is 0. The van der Waals surface area contributed by atoms with Crippen LogP contribution < -0.4 is 10.1 Å². The van der Waals surface area contributed by atoms with Crippen molar-refractivity contribution in [3.05, 3.63) is 28.8 Å². The molecule has 1 aromatic carbocycles. The molecule has 21 heavy (non-hydrogen) atoms. The number of benzene rings is 1. The van der Waals surface area contributed by atoms with Gasteiger partial charge in [-0.25, -0.2) is 0 Å². The molecule has 116 valence electrons. The quantitative estimate of drug-likeness (QED) is 0.815. The lowest BCUT2D eigenvalue weighted by Gasteiger charge is -2.26. The van der Waals surface area contributed by atoms with Crippen molar-refractivity contribution in [2.45, 2.75) is 27.2 Å². The van der Waals surface area contributed by atoms with Gasteiger partial charge < -0.3 is 10.1 Å². The Hall–Kier alpha value is -1.39. The molecule has 1 heterocycles. The van der Waals surface area contributed by atoms with Crippen molar-refractivity contribution in [2.75, 3.05) is 39.3 Å². The van der Waals surface area contributed by atoms with Crippen LogP contribution in [0.2, 0.25) is 0 Å². The minimum absolute atomic E-state index is 0.162. The number of rotatable bonds is 6. The normalized spacial score (nSPS) is 16.0. The molecule has 0 atom stereocenters. The molecule has 0 aliphatic carbocycles. The molecule has 0 radical (unpaired) electrons. The number of hydrogen-bond donors (Lipinski definition) is 1. The third-order valence-electron chi connectivity index (χ3n) is 3.75. The molecule has 0 unspecified atom stereocenters. The summed E-state index contributed by atoms with van der Waals surface area (Å²) in [6.07, 6.45) is 0.943. The fourth-order valence-corrected chi connectivity index (χ4v) is 2.71. The highest BCUT2D eigenvalue weighted by Gasteiger charge is 2.19. The van der Waals surface area contributed by atoms with Crippen LogP contribution in [0.15, 0.2) is 12.1 Å². The maximum atomic E-state index is 12.7. The lowest BCUT2D eigenvalue weighted by molar-refractivity contribution is 0.0917. The highest BCUT2D eigenvalue weighted by molar-refractivity contribution is 6.00. The Bertz CT molecular complexity index is 494. The monoisotopic (exact) mass is 290 g/mol. The predicted octanol–water partition coefficient (Wildman–Crippen LogP) is 2.18. The summed E-state index contributed by atoms with van der Waals surface area (Å²) in [6.45, 7) is 11.0. The highest BCUT2D eigenvalue weighted by atomic mass is 16.5. The molecule has 0 aromatic heterocycles. The van der Waals surface area contributed by atoms with Gasteiger partial charge in [0.05, 0.1) is 18.7 Å². The summed E-state index contributed by atoms with van der Waals surface area (Å²) in [5.74, 6) is 0.928. The zero-order valence-electron chi connectivity index (χ0n) is 13.4. The largest absolute Gasteiger partial charge is 0.493 e. The second-order valence-corrected chi connectivity index (χ2v) is 5.76. The van der Waals surface area contributed by atoms with Crippen LogP contribution >= 0.6 is 0 Å². The molecule has 1 saturated heterocycles. The summed E-state index contributed by atoms with van der Waals surface area (Å²) in [6, 6.07) is 4.04. The van der Waals surface area contributed by atoms with Gasteiger partial charge in [-0.2, -0.15) is 0 Å². The van der Waals surface area contributed by atoms with Crippen molar-refractivity contribution in [2.24, 2.45) is 0 Å². The predicted molar refractivity (Wildman–Crippen MR) is 85.3 cm³/mol. The number of hydrogen-bond acceptors (Lipinski definition) is 4. The summed E-state index contributed by atoms with van der Waals surface area (Å²) in [5, 5.41) is 3.31. The van der Waals surface area contributed by atoms with Crippen LogP contribution in [-0.4, -0.2) is 50.0 Å². The minimum atomic E-state index is 0.162. The third-order valence-corrected chi connectivity index (χ3v) is 3.75. The van der Waals surface area contributed by atoms with Gasteiger partial charge in [0.2, 0.25) is 0 Å². The second kappa shape index (κ2) is 7.57. The first-order valence-electron chi connectivity index (χ1n) is 7.82. The van der Waals surface area contributed by atoms with E-state index in [0.29, 0.717) is 13.2 Å². The first-order chi connectivity index (χ1) is 10.1. The van der Waals surface area contributed by atoms with Gasteiger partial charge in [0.25, 0.3) is 0 Å². The van der Waals surface area contributed by atoms with E-state index in [-0.39, 0.29) is 5.78 Å². The summed E-state index contributed by atoms with van der Waals surface area (Å²) in [4.78, 5) is 14.9. The molecule has 1 N–H and O–H groups in total. The van der Waals surface area contributed by atoms with Gasteiger partial charge in [0.15, 0.2) is 5.78 Å². The molecule has 0 spiro atoms. The molecule has 0 saturated carbocycles. The van der Waals surface area contributed by atoms with E-state index in [1.54, 1.807) is 0 Å². The number of ether oxygens (including phenoxy) is 1. The summed E-state index contributed by atoms with van der Waals surface area (Å²) < 4.78 is 5.83. The smallest absolute Gasteiger partial charge is 0.180 e. The number of Topliss-reactive ketones (excluding diaryl/α,β-unsaturated/α-hetero) is 1. The lowest BCUT2D eigenvalue weighted by atomic mass is 10.0. The number of ketones is 1. The number of aryl methyl sites for hydroxylation is 2. The Morgan fingerprint density at radius 1 is 1.29 bits per heavy atom. The maximum absolute atomic E-state index is 12.7. The van der Waals surface area contributed by atoms with Gasteiger partial charge in [-0.1, -0.05) is 13.0 Å². The Morgan fingerprint density at radius 2 is 2.00 bits per heavy atom. The van der Waals surface area contributed by atoms with Crippen LogP contribution in [0.25, 0.3) is 0 Å². The molecular formula is C17H26N2O2. The van der Waals surface area contributed by atoms with E-state index < -0.39 is 0 Å². The molecule has 4 heteroatoms. The van der Waals surface area contributed by atoms with E-state index in [2.05, 4.69) is 23.2 Å². The zero-order valence-corrected chi connectivity index (χ0v) is 13.4. The van der Waals surface area contributed by atoms with Gasteiger partial charge in [-0.3, -0.25) is 9.69 Å².